The van der Waals surface area contributed by atoms with Crippen LogP contribution in [0.5, 0.6) is 0 Å². The van der Waals surface area contributed by atoms with E-state index >= 15 is 0 Å². The van der Waals surface area contributed by atoms with Gasteiger partial charge < -0.3 is 10.2 Å². The normalized spacial score (nSPS) is 27.7. The first-order valence-corrected chi connectivity index (χ1v) is 9.35. The highest BCUT2D eigenvalue weighted by atomic mass is 16.2. The number of amides is 1. The Kier molecular flexibility index (Phi) is 7.92. The molecule has 126 valence electrons. The summed E-state index contributed by atoms with van der Waals surface area (Å²) in [5, 5.41) is 3.39. The van der Waals surface area contributed by atoms with Crippen molar-refractivity contribution < 1.29 is 4.79 Å². The summed E-state index contributed by atoms with van der Waals surface area (Å²) < 4.78 is 0. The summed E-state index contributed by atoms with van der Waals surface area (Å²) in [7, 11) is 0. The van der Waals surface area contributed by atoms with Gasteiger partial charge in [-0.25, -0.2) is 0 Å². The molecule has 1 amide bonds. The van der Waals surface area contributed by atoms with Crippen LogP contribution in [0.25, 0.3) is 0 Å². The molecule has 2 heterocycles. The molecule has 0 aromatic rings. The Labute approximate surface area is 135 Å². The second-order valence-electron chi connectivity index (χ2n) is 6.73. The Hall–Kier alpha value is -0.900. The third-order valence-electron chi connectivity index (χ3n) is 4.87. The maximum Gasteiger partial charge on any atom is 0.227 e. The van der Waals surface area contributed by atoms with E-state index < -0.39 is 0 Å². The van der Waals surface area contributed by atoms with Crippen LogP contribution >= 0.6 is 0 Å². The second kappa shape index (κ2) is 9.98. The average Bonchev–Trinajstić information content (AvgIpc) is 2.83. The molecular formula is C18H33N3O. The van der Waals surface area contributed by atoms with Crippen molar-refractivity contribution in [2.75, 3.05) is 19.6 Å². The molecule has 2 rings (SSSR count). The zero-order chi connectivity index (χ0) is 15.6. The number of nitrogens with one attached hydrogen (secondary N) is 1. The maximum atomic E-state index is 12.6. The monoisotopic (exact) mass is 307 g/mol. The van der Waals surface area contributed by atoms with E-state index in [4.69, 9.17) is 0 Å². The van der Waals surface area contributed by atoms with Crippen molar-refractivity contribution in [1.82, 2.24) is 10.2 Å². The molecule has 0 aliphatic carbocycles. The van der Waals surface area contributed by atoms with Gasteiger partial charge in [0.15, 0.2) is 0 Å². The van der Waals surface area contributed by atoms with Gasteiger partial charge in [0, 0.05) is 25.2 Å². The van der Waals surface area contributed by atoms with Gasteiger partial charge in [0.2, 0.25) is 5.91 Å². The first-order chi connectivity index (χ1) is 10.8. The summed E-state index contributed by atoms with van der Waals surface area (Å²) in [5.41, 5.74) is 0. The van der Waals surface area contributed by atoms with Gasteiger partial charge in [-0.1, -0.05) is 45.4 Å². The van der Waals surface area contributed by atoms with Gasteiger partial charge in [-0.15, -0.1) is 0 Å². The van der Waals surface area contributed by atoms with Gasteiger partial charge in [0.25, 0.3) is 0 Å². The van der Waals surface area contributed by atoms with Crippen molar-refractivity contribution in [2.24, 2.45) is 10.9 Å². The molecule has 4 heteroatoms. The molecule has 0 aromatic heterocycles. The van der Waals surface area contributed by atoms with Crippen LogP contribution in [0, 0.1) is 5.92 Å². The van der Waals surface area contributed by atoms with Crippen molar-refractivity contribution in [1.29, 1.82) is 0 Å². The van der Waals surface area contributed by atoms with Crippen LogP contribution in [0.15, 0.2) is 4.99 Å². The molecule has 2 atom stereocenters. The lowest BCUT2D eigenvalue weighted by Crippen LogP contribution is -2.36. The van der Waals surface area contributed by atoms with Gasteiger partial charge in [0.1, 0.15) is 6.17 Å². The Morgan fingerprint density at radius 1 is 1.23 bits per heavy atom. The Bertz CT molecular complexity index is 356. The van der Waals surface area contributed by atoms with E-state index in [0.29, 0.717) is 5.91 Å². The zero-order valence-electron chi connectivity index (χ0n) is 14.2. The van der Waals surface area contributed by atoms with Gasteiger partial charge in [-0.2, -0.15) is 0 Å². The molecule has 0 saturated carbocycles. The van der Waals surface area contributed by atoms with Crippen LogP contribution in [0.3, 0.4) is 0 Å². The molecule has 4 nitrogen and oxygen atoms in total. The number of aliphatic imine (C=N–C) groups is 1. The number of hydrogen-bond acceptors (Lipinski definition) is 3. The van der Waals surface area contributed by atoms with E-state index in [1.165, 1.54) is 38.5 Å². The fourth-order valence-electron chi connectivity index (χ4n) is 3.54. The highest BCUT2D eigenvalue weighted by molar-refractivity contribution is 5.81. The number of hydrogen-bond donors (Lipinski definition) is 1. The first kappa shape index (κ1) is 17.5. The highest BCUT2D eigenvalue weighted by Crippen LogP contribution is 2.30. The second-order valence-corrected chi connectivity index (χ2v) is 6.73. The summed E-state index contributed by atoms with van der Waals surface area (Å²) in [6.45, 7) is 5.12. The fourth-order valence-corrected chi connectivity index (χ4v) is 3.54. The van der Waals surface area contributed by atoms with Crippen LogP contribution in [0.1, 0.15) is 71.1 Å². The summed E-state index contributed by atoms with van der Waals surface area (Å²) in [4.78, 5) is 19.3. The van der Waals surface area contributed by atoms with E-state index in [1.54, 1.807) is 0 Å². The molecule has 1 saturated heterocycles. The van der Waals surface area contributed by atoms with Crippen molar-refractivity contribution in [2.45, 2.75) is 77.3 Å². The minimum absolute atomic E-state index is 0.121. The van der Waals surface area contributed by atoms with Gasteiger partial charge in [-0.3, -0.25) is 9.79 Å². The topological polar surface area (TPSA) is 44.7 Å². The molecule has 1 fully saturated rings. The van der Waals surface area contributed by atoms with Crippen molar-refractivity contribution in [3.63, 3.8) is 0 Å². The summed E-state index contributed by atoms with van der Waals surface area (Å²) in [6, 6.07) is 0. The summed E-state index contributed by atoms with van der Waals surface area (Å²) >= 11 is 0. The summed E-state index contributed by atoms with van der Waals surface area (Å²) in [6.07, 6.45) is 13.9. The molecule has 0 bridgehead atoms. The minimum Gasteiger partial charge on any atom is -0.320 e. The molecular weight excluding hydrogens is 274 g/mol. The largest absolute Gasteiger partial charge is 0.320 e. The number of carbonyl (C=O) groups excluding carboxylic acids is 1. The van der Waals surface area contributed by atoms with Crippen LogP contribution in [0.4, 0.5) is 0 Å². The van der Waals surface area contributed by atoms with E-state index in [2.05, 4.69) is 17.2 Å². The van der Waals surface area contributed by atoms with Gasteiger partial charge >= 0.3 is 0 Å². The number of unbranched alkanes of at least 4 members (excludes halogenated alkanes) is 5. The van der Waals surface area contributed by atoms with Crippen molar-refractivity contribution in [3.05, 3.63) is 0 Å². The van der Waals surface area contributed by atoms with E-state index in [0.717, 1.165) is 45.3 Å². The Morgan fingerprint density at radius 2 is 2.05 bits per heavy atom. The number of carbonyl (C=O) groups is 1. The third kappa shape index (κ3) is 5.38. The quantitative estimate of drug-likeness (QED) is 0.733. The van der Waals surface area contributed by atoms with Crippen LogP contribution in [-0.2, 0) is 4.79 Å². The lowest BCUT2D eigenvalue weighted by molar-refractivity contribution is -0.132. The molecule has 22 heavy (non-hydrogen) atoms. The molecule has 0 spiro atoms. The van der Waals surface area contributed by atoms with E-state index in [9.17, 15) is 4.79 Å². The van der Waals surface area contributed by atoms with E-state index in [1.807, 2.05) is 11.1 Å². The number of fused-ring (bicyclic) bond motifs is 1. The standard InChI is InChI=1S/C18H33N3O/c1-2-3-4-5-6-7-10-16-15-17-20-13-8-11-19-12-9-14-21(17)18(16)22/h13,16-17,19H,2-12,14-15H2,1H3/b20-13+. The molecule has 0 aromatic carbocycles. The first-order valence-electron chi connectivity index (χ1n) is 9.35. The van der Waals surface area contributed by atoms with Gasteiger partial charge in [-0.05, 0) is 32.2 Å². The third-order valence-corrected chi connectivity index (χ3v) is 4.87. The predicted molar refractivity (Wildman–Crippen MR) is 92.2 cm³/mol. The Morgan fingerprint density at radius 3 is 2.91 bits per heavy atom. The zero-order valence-corrected chi connectivity index (χ0v) is 14.2. The summed E-state index contributed by atoms with van der Waals surface area (Å²) in [5.74, 6) is 0.582. The van der Waals surface area contributed by atoms with E-state index in [-0.39, 0.29) is 12.1 Å². The van der Waals surface area contributed by atoms with Gasteiger partial charge in [0.05, 0.1) is 0 Å². The van der Waals surface area contributed by atoms with Crippen LogP contribution in [0.2, 0.25) is 0 Å². The molecule has 2 aliphatic rings. The smallest absolute Gasteiger partial charge is 0.227 e. The number of nitrogens with zero attached hydrogens (tertiary/aromatic N) is 2. The fraction of sp³-hybridized carbons (Fsp3) is 0.889. The number of rotatable bonds is 7. The van der Waals surface area contributed by atoms with Crippen LogP contribution < -0.4 is 5.32 Å². The molecule has 0 radical (unpaired) electrons. The highest BCUT2D eigenvalue weighted by Gasteiger charge is 2.38. The van der Waals surface area contributed by atoms with Crippen LogP contribution in [-0.4, -0.2) is 42.8 Å². The molecule has 2 aliphatic heterocycles. The average molecular weight is 307 g/mol. The molecule has 2 unspecified atom stereocenters. The van der Waals surface area contributed by atoms with Crippen molar-refractivity contribution in [3.8, 4) is 0 Å². The lowest BCUT2D eigenvalue weighted by atomic mass is 9.98. The maximum absolute atomic E-state index is 12.6. The minimum atomic E-state index is 0.121. The van der Waals surface area contributed by atoms with Crippen molar-refractivity contribution >= 4 is 12.1 Å². The Balaban J connectivity index is 1.76. The molecule has 1 N–H and O–H groups in total. The predicted octanol–water partition coefficient (Wildman–Crippen LogP) is 3.37. The SMILES string of the molecule is CCCCCCCCC1CC2/N=C/CCNCCCN2C1=O. The lowest BCUT2D eigenvalue weighted by Gasteiger charge is -2.22.